The van der Waals surface area contributed by atoms with Crippen LogP contribution in [0.5, 0.6) is 0 Å². The minimum absolute atomic E-state index is 0.0592. The molecule has 0 amide bonds. The highest BCUT2D eigenvalue weighted by Gasteiger charge is 2.45. The fraction of sp³-hybridized carbons (Fsp3) is 0.905. The van der Waals surface area contributed by atoms with Crippen LogP contribution in [0.25, 0.3) is 0 Å². The van der Waals surface area contributed by atoms with Gasteiger partial charge in [0.2, 0.25) is 0 Å². The van der Waals surface area contributed by atoms with Gasteiger partial charge in [-0.25, -0.2) is 0 Å². The molecule has 0 aliphatic heterocycles. The molecule has 1 rings (SSSR count). The maximum atomic E-state index is 12.5. The molecule has 6 heteroatoms. The maximum absolute atomic E-state index is 12.5. The lowest BCUT2D eigenvalue weighted by molar-refractivity contribution is -0.165. The van der Waals surface area contributed by atoms with E-state index in [9.17, 15) is 9.59 Å². The maximum Gasteiger partial charge on any atom is 0.320 e. The van der Waals surface area contributed by atoms with Crippen LogP contribution in [0.4, 0.5) is 0 Å². The third-order valence-corrected chi connectivity index (χ3v) is 10.8. The van der Waals surface area contributed by atoms with Crippen LogP contribution < -0.4 is 0 Å². The lowest BCUT2D eigenvalue weighted by atomic mass is 9.78. The summed E-state index contributed by atoms with van der Waals surface area (Å²) >= 11 is 0. The van der Waals surface area contributed by atoms with Gasteiger partial charge in [0, 0.05) is 6.10 Å². The second-order valence-corrected chi connectivity index (χ2v) is 13.9. The summed E-state index contributed by atoms with van der Waals surface area (Å²) in [5, 5.41) is 0.174. The molecule has 1 fully saturated rings. The first-order valence-electron chi connectivity index (χ1n) is 10.5. The summed E-state index contributed by atoms with van der Waals surface area (Å²) in [5.74, 6) is -1.50. The second-order valence-electron chi connectivity index (χ2n) is 9.13. The summed E-state index contributed by atoms with van der Waals surface area (Å²) in [5.41, 5.74) is 0. The van der Waals surface area contributed by atoms with E-state index in [0.717, 1.165) is 25.7 Å². The number of hydrogen-bond acceptors (Lipinski definition) is 5. The number of rotatable bonds is 9. The van der Waals surface area contributed by atoms with Crippen LogP contribution in [0.1, 0.15) is 67.2 Å². The molecule has 158 valence electrons. The number of carbonyl (C=O) groups is 2. The third kappa shape index (κ3) is 6.31. The van der Waals surface area contributed by atoms with Crippen molar-refractivity contribution in [3.63, 3.8) is 0 Å². The van der Waals surface area contributed by atoms with E-state index in [4.69, 9.17) is 13.9 Å². The van der Waals surface area contributed by atoms with E-state index in [1.165, 1.54) is 0 Å². The molecule has 1 aliphatic rings. The minimum atomic E-state index is -1.82. The van der Waals surface area contributed by atoms with Gasteiger partial charge in [0.25, 0.3) is 0 Å². The monoisotopic (exact) mass is 400 g/mol. The van der Waals surface area contributed by atoms with E-state index in [2.05, 4.69) is 33.9 Å². The summed E-state index contributed by atoms with van der Waals surface area (Å²) in [4.78, 5) is 25.0. The number of esters is 2. The van der Waals surface area contributed by atoms with Gasteiger partial charge in [0.05, 0.1) is 13.2 Å². The number of ether oxygens (including phenoxy) is 2. The molecule has 0 N–H and O–H groups in total. The number of hydrogen-bond donors (Lipinski definition) is 0. The fourth-order valence-electron chi connectivity index (χ4n) is 3.81. The summed E-state index contributed by atoms with van der Waals surface area (Å²) in [6.07, 6.45) is 3.84. The first-order valence-corrected chi connectivity index (χ1v) is 13.4. The quantitative estimate of drug-likeness (QED) is 0.311. The predicted molar refractivity (Wildman–Crippen MR) is 110 cm³/mol. The largest absolute Gasteiger partial charge is 0.465 e. The molecule has 1 aliphatic carbocycles. The average Bonchev–Trinajstić information content (AvgIpc) is 2.98. The SMILES string of the molecule is CCOC(=O)C(C(=O)OCC)C(CC)C1CCC(O[Si](C)(C)C(C)(C)C)C1. The van der Waals surface area contributed by atoms with Gasteiger partial charge < -0.3 is 13.9 Å². The van der Waals surface area contributed by atoms with Crippen LogP contribution >= 0.6 is 0 Å². The highest BCUT2D eigenvalue weighted by molar-refractivity contribution is 6.74. The van der Waals surface area contributed by atoms with Crippen LogP contribution in [-0.2, 0) is 23.5 Å². The lowest BCUT2D eigenvalue weighted by Gasteiger charge is -2.38. The van der Waals surface area contributed by atoms with Gasteiger partial charge in [0.1, 0.15) is 0 Å². The molecule has 3 atom stereocenters. The molecule has 5 nitrogen and oxygen atoms in total. The topological polar surface area (TPSA) is 61.8 Å². The summed E-state index contributed by atoms with van der Waals surface area (Å²) in [6.45, 7) is 17.4. The summed E-state index contributed by atoms with van der Waals surface area (Å²) in [7, 11) is -1.82. The molecular weight excluding hydrogens is 360 g/mol. The molecule has 0 radical (unpaired) electrons. The molecule has 0 bridgehead atoms. The zero-order chi connectivity index (χ0) is 20.8. The molecule has 0 aromatic carbocycles. The smallest absolute Gasteiger partial charge is 0.320 e. The van der Waals surface area contributed by atoms with Crippen molar-refractivity contribution < 1.29 is 23.5 Å². The third-order valence-electron chi connectivity index (χ3n) is 6.28. The van der Waals surface area contributed by atoms with E-state index >= 15 is 0 Å². The van der Waals surface area contributed by atoms with Crippen molar-refractivity contribution in [1.29, 1.82) is 0 Å². The van der Waals surface area contributed by atoms with Crippen molar-refractivity contribution in [2.45, 2.75) is 91.5 Å². The Labute approximate surface area is 166 Å². The van der Waals surface area contributed by atoms with E-state index in [1.807, 2.05) is 6.92 Å². The van der Waals surface area contributed by atoms with Crippen molar-refractivity contribution in [1.82, 2.24) is 0 Å². The molecule has 1 saturated carbocycles. The van der Waals surface area contributed by atoms with Gasteiger partial charge in [-0.1, -0.05) is 34.1 Å². The zero-order valence-corrected chi connectivity index (χ0v) is 19.6. The van der Waals surface area contributed by atoms with Crippen LogP contribution in [0.2, 0.25) is 18.1 Å². The Morgan fingerprint density at radius 1 is 1.00 bits per heavy atom. The van der Waals surface area contributed by atoms with E-state index in [-0.39, 0.29) is 36.2 Å². The van der Waals surface area contributed by atoms with Crippen molar-refractivity contribution in [3.8, 4) is 0 Å². The Hall–Kier alpha value is -0.883. The standard InChI is InChI=1S/C21H40O5Si/c1-9-17(18(19(22)24-10-2)20(23)25-11-3)15-12-13-16(14-15)26-27(7,8)21(4,5)6/h15-18H,9-14H2,1-8H3. The van der Waals surface area contributed by atoms with Crippen LogP contribution in [-0.4, -0.2) is 39.6 Å². The van der Waals surface area contributed by atoms with Crippen molar-refractivity contribution in [2.24, 2.45) is 17.8 Å². The zero-order valence-electron chi connectivity index (χ0n) is 18.6. The summed E-state index contributed by atoms with van der Waals surface area (Å²) < 4.78 is 17.0. The van der Waals surface area contributed by atoms with Crippen molar-refractivity contribution in [3.05, 3.63) is 0 Å². The molecule has 3 unspecified atom stereocenters. The van der Waals surface area contributed by atoms with E-state index in [0.29, 0.717) is 0 Å². The summed E-state index contributed by atoms with van der Waals surface area (Å²) in [6, 6.07) is 0. The Morgan fingerprint density at radius 2 is 1.52 bits per heavy atom. The van der Waals surface area contributed by atoms with Gasteiger partial charge in [-0.2, -0.15) is 0 Å². The van der Waals surface area contributed by atoms with Crippen molar-refractivity contribution >= 4 is 20.3 Å². The molecular formula is C21H40O5Si. The van der Waals surface area contributed by atoms with E-state index in [1.54, 1.807) is 13.8 Å². The Kier molecular flexibility index (Phi) is 9.00. The molecule has 0 aromatic rings. The first-order chi connectivity index (χ1) is 12.5. The average molecular weight is 401 g/mol. The highest BCUT2D eigenvalue weighted by atomic mass is 28.4. The highest BCUT2D eigenvalue weighted by Crippen LogP contribution is 2.43. The first kappa shape index (κ1) is 24.2. The Morgan fingerprint density at radius 3 is 1.93 bits per heavy atom. The van der Waals surface area contributed by atoms with Gasteiger partial charge >= 0.3 is 11.9 Å². The molecule has 0 spiro atoms. The van der Waals surface area contributed by atoms with Gasteiger partial charge in [-0.15, -0.1) is 0 Å². The van der Waals surface area contributed by atoms with Gasteiger partial charge in [-0.3, -0.25) is 9.59 Å². The molecule has 0 heterocycles. The molecule has 27 heavy (non-hydrogen) atoms. The van der Waals surface area contributed by atoms with Crippen LogP contribution in [0.15, 0.2) is 0 Å². The molecule has 0 saturated heterocycles. The predicted octanol–water partition coefficient (Wildman–Crippen LogP) is 4.95. The van der Waals surface area contributed by atoms with Crippen molar-refractivity contribution in [2.75, 3.05) is 13.2 Å². The minimum Gasteiger partial charge on any atom is -0.465 e. The van der Waals surface area contributed by atoms with Crippen LogP contribution in [0.3, 0.4) is 0 Å². The second kappa shape index (κ2) is 10.1. The Balaban J connectivity index is 2.90. The molecule has 0 aromatic heterocycles. The van der Waals surface area contributed by atoms with Gasteiger partial charge in [0.15, 0.2) is 14.2 Å². The van der Waals surface area contributed by atoms with E-state index < -0.39 is 26.2 Å². The normalized spacial score (nSPS) is 22.0. The number of carbonyl (C=O) groups excluding carboxylic acids is 2. The van der Waals surface area contributed by atoms with Gasteiger partial charge in [-0.05, 0) is 63.1 Å². The Bertz CT molecular complexity index is 479. The lowest BCUT2D eigenvalue weighted by Crippen LogP contribution is -2.43. The fourth-order valence-corrected chi connectivity index (χ4v) is 5.21. The van der Waals surface area contributed by atoms with Crippen LogP contribution in [0, 0.1) is 17.8 Å².